The van der Waals surface area contributed by atoms with Gasteiger partial charge in [-0.05, 0) is 24.8 Å². The second kappa shape index (κ2) is 12.4. The van der Waals surface area contributed by atoms with E-state index in [4.69, 9.17) is 0 Å². The van der Waals surface area contributed by atoms with Crippen LogP contribution in [0.4, 0.5) is 0 Å². The molecule has 0 N–H and O–H groups in total. The zero-order valence-electron chi connectivity index (χ0n) is 13.0. The highest BCUT2D eigenvalue weighted by Gasteiger charge is 1.98. The molecule has 0 unspecified atom stereocenters. The van der Waals surface area contributed by atoms with Crippen LogP contribution >= 0.6 is 0 Å². The van der Waals surface area contributed by atoms with Crippen LogP contribution in [0.1, 0.15) is 90.4 Å². The van der Waals surface area contributed by atoms with Crippen molar-refractivity contribution in [2.75, 3.05) is 6.54 Å². The SMILES string of the molecule is CCCCCCCCCCCCCC1=CCCN=C1. The van der Waals surface area contributed by atoms with E-state index in [0.717, 1.165) is 13.0 Å². The van der Waals surface area contributed by atoms with Crippen molar-refractivity contribution in [3.8, 4) is 0 Å². The standard InChI is InChI=1S/C18H33N/c1-2-3-4-5-6-7-8-9-10-11-12-14-18-15-13-16-19-17-18/h15,17H,2-14,16H2,1H3. The number of nitrogens with zero attached hydrogens (tertiary/aromatic N) is 1. The third-order valence-electron chi connectivity index (χ3n) is 3.99. The summed E-state index contributed by atoms with van der Waals surface area (Å²) >= 11 is 0. The average Bonchev–Trinajstić information content (AvgIpc) is 2.46. The van der Waals surface area contributed by atoms with Crippen molar-refractivity contribution in [1.82, 2.24) is 0 Å². The first-order chi connectivity index (χ1) is 9.43. The van der Waals surface area contributed by atoms with Gasteiger partial charge in [0.05, 0.1) is 0 Å². The first-order valence-corrected chi connectivity index (χ1v) is 8.62. The normalized spacial score (nSPS) is 14.7. The van der Waals surface area contributed by atoms with Crippen molar-refractivity contribution in [3.05, 3.63) is 11.6 Å². The molecule has 1 heterocycles. The Bertz CT molecular complexity index is 252. The Kier molecular flexibility index (Phi) is 10.8. The summed E-state index contributed by atoms with van der Waals surface area (Å²) in [4.78, 5) is 4.34. The summed E-state index contributed by atoms with van der Waals surface area (Å²) in [5.74, 6) is 0. The Balaban J connectivity index is 1.76. The lowest BCUT2D eigenvalue weighted by Gasteiger charge is -2.06. The van der Waals surface area contributed by atoms with E-state index in [1.54, 1.807) is 0 Å². The molecular formula is C18H33N. The second-order valence-electron chi connectivity index (χ2n) is 5.89. The molecule has 0 spiro atoms. The Morgan fingerprint density at radius 1 is 0.842 bits per heavy atom. The number of rotatable bonds is 12. The maximum atomic E-state index is 4.34. The van der Waals surface area contributed by atoms with Gasteiger partial charge in [0.15, 0.2) is 0 Å². The van der Waals surface area contributed by atoms with E-state index in [9.17, 15) is 0 Å². The minimum Gasteiger partial charge on any atom is -0.293 e. The number of dihydropyridines is 1. The average molecular weight is 263 g/mol. The molecule has 0 aliphatic carbocycles. The predicted molar refractivity (Wildman–Crippen MR) is 87.1 cm³/mol. The summed E-state index contributed by atoms with van der Waals surface area (Å²) in [6.45, 7) is 3.29. The summed E-state index contributed by atoms with van der Waals surface area (Å²) in [5.41, 5.74) is 1.47. The largest absolute Gasteiger partial charge is 0.293 e. The van der Waals surface area contributed by atoms with Gasteiger partial charge in [0.1, 0.15) is 0 Å². The van der Waals surface area contributed by atoms with Gasteiger partial charge >= 0.3 is 0 Å². The first-order valence-electron chi connectivity index (χ1n) is 8.62. The highest BCUT2D eigenvalue weighted by atomic mass is 14.7. The molecule has 0 aromatic rings. The fourth-order valence-corrected chi connectivity index (χ4v) is 2.72. The molecule has 0 atom stereocenters. The molecule has 0 saturated carbocycles. The van der Waals surface area contributed by atoms with Crippen LogP contribution in [0.3, 0.4) is 0 Å². The quantitative estimate of drug-likeness (QED) is 0.378. The molecule has 0 radical (unpaired) electrons. The number of hydrogen-bond acceptors (Lipinski definition) is 1. The van der Waals surface area contributed by atoms with Crippen LogP contribution in [-0.2, 0) is 0 Å². The maximum Gasteiger partial charge on any atom is 0.0424 e. The van der Waals surface area contributed by atoms with Crippen LogP contribution in [0.25, 0.3) is 0 Å². The zero-order valence-corrected chi connectivity index (χ0v) is 13.0. The molecular weight excluding hydrogens is 230 g/mol. The van der Waals surface area contributed by atoms with Crippen LogP contribution < -0.4 is 0 Å². The van der Waals surface area contributed by atoms with Gasteiger partial charge in [0.25, 0.3) is 0 Å². The Morgan fingerprint density at radius 2 is 1.42 bits per heavy atom. The molecule has 1 aliphatic rings. The van der Waals surface area contributed by atoms with Crippen molar-refractivity contribution in [2.24, 2.45) is 4.99 Å². The lowest BCUT2D eigenvalue weighted by molar-refractivity contribution is 0.550. The predicted octanol–water partition coefficient (Wildman–Crippen LogP) is 6.09. The van der Waals surface area contributed by atoms with E-state index in [1.807, 2.05) is 0 Å². The van der Waals surface area contributed by atoms with Gasteiger partial charge in [-0.3, -0.25) is 4.99 Å². The van der Waals surface area contributed by atoms with Gasteiger partial charge in [-0.2, -0.15) is 0 Å². The summed E-state index contributed by atoms with van der Waals surface area (Å²) in [6.07, 6.45) is 22.6. The van der Waals surface area contributed by atoms with Gasteiger partial charge in [-0.25, -0.2) is 0 Å². The fraction of sp³-hybridized carbons (Fsp3) is 0.833. The topological polar surface area (TPSA) is 12.4 Å². The molecule has 1 rings (SSSR count). The molecule has 0 aromatic heterocycles. The lowest BCUT2D eigenvalue weighted by atomic mass is 10.0. The summed E-state index contributed by atoms with van der Waals surface area (Å²) in [5, 5.41) is 0. The molecule has 0 aromatic carbocycles. The molecule has 110 valence electrons. The molecule has 0 saturated heterocycles. The molecule has 19 heavy (non-hydrogen) atoms. The smallest absolute Gasteiger partial charge is 0.0424 e. The van der Waals surface area contributed by atoms with Gasteiger partial charge in [0, 0.05) is 12.8 Å². The van der Waals surface area contributed by atoms with Gasteiger partial charge in [-0.15, -0.1) is 0 Å². The van der Waals surface area contributed by atoms with E-state index >= 15 is 0 Å². The van der Waals surface area contributed by atoms with E-state index < -0.39 is 0 Å². The number of unbranched alkanes of at least 4 members (excludes halogenated alkanes) is 10. The third-order valence-corrected chi connectivity index (χ3v) is 3.99. The van der Waals surface area contributed by atoms with Crippen LogP contribution in [0.2, 0.25) is 0 Å². The fourth-order valence-electron chi connectivity index (χ4n) is 2.72. The monoisotopic (exact) mass is 263 g/mol. The van der Waals surface area contributed by atoms with Crippen LogP contribution in [0, 0.1) is 0 Å². The van der Waals surface area contributed by atoms with E-state index in [1.165, 1.54) is 82.6 Å². The van der Waals surface area contributed by atoms with E-state index in [2.05, 4.69) is 24.2 Å². The van der Waals surface area contributed by atoms with Crippen molar-refractivity contribution in [3.63, 3.8) is 0 Å². The summed E-state index contributed by atoms with van der Waals surface area (Å²) < 4.78 is 0. The minimum atomic E-state index is 1.00. The number of allylic oxidation sites excluding steroid dienone is 1. The highest BCUT2D eigenvalue weighted by Crippen LogP contribution is 2.14. The zero-order chi connectivity index (χ0) is 13.6. The van der Waals surface area contributed by atoms with Crippen molar-refractivity contribution in [2.45, 2.75) is 90.4 Å². The molecule has 0 bridgehead atoms. The lowest BCUT2D eigenvalue weighted by Crippen LogP contribution is -1.94. The Morgan fingerprint density at radius 3 is 1.95 bits per heavy atom. The molecule has 1 heteroatoms. The van der Waals surface area contributed by atoms with Crippen LogP contribution in [0.5, 0.6) is 0 Å². The van der Waals surface area contributed by atoms with Crippen LogP contribution in [-0.4, -0.2) is 12.8 Å². The molecule has 0 fully saturated rings. The van der Waals surface area contributed by atoms with Gasteiger partial charge < -0.3 is 0 Å². The highest BCUT2D eigenvalue weighted by molar-refractivity contribution is 5.79. The van der Waals surface area contributed by atoms with E-state index in [-0.39, 0.29) is 0 Å². The third kappa shape index (κ3) is 9.92. The van der Waals surface area contributed by atoms with Crippen LogP contribution in [0.15, 0.2) is 16.6 Å². The molecule has 1 nitrogen and oxygen atoms in total. The Labute approximate surface area is 120 Å². The van der Waals surface area contributed by atoms with Gasteiger partial charge in [0.2, 0.25) is 0 Å². The van der Waals surface area contributed by atoms with Gasteiger partial charge in [-0.1, -0.05) is 77.2 Å². The maximum absolute atomic E-state index is 4.34. The second-order valence-corrected chi connectivity index (χ2v) is 5.89. The van der Waals surface area contributed by atoms with E-state index in [0.29, 0.717) is 0 Å². The minimum absolute atomic E-state index is 1.00. The molecule has 0 amide bonds. The first kappa shape index (κ1) is 16.5. The van der Waals surface area contributed by atoms with Crippen molar-refractivity contribution < 1.29 is 0 Å². The summed E-state index contributed by atoms with van der Waals surface area (Å²) in [6, 6.07) is 0. The Hall–Kier alpha value is -0.590. The van der Waals surface area contributed by atoms with Crippen molar-refractivity contribution in [1.29, 1.82) is 0 Å². The summed E-state index contributed by atoms with van der Waals surface area (Å²) in [7, 11) is 0. The number of aliphatic imine (C=N–C) groups is 1. The molecule has 1 aliphatic heterocycles. The van der Waals surface area contributed by atoms with Crippen molar-refractivity contribution >= 4 is 6.21 Å². The number of hydrogen-bond donors (Lipinski definition) is 0.